The predicted molar refractivity (Wildman–Crippen MR) is 115 cm³/mol. The first-order valence-electron chi connectivity index (χ1n) is 10.5. The molecule has 0 fully saturated rings. The fourth-order valence-electron chi connectivity index (χ4n) is 4.47. The molecule has 1 aliphatic heterocycles. The number of nitrogens with zero attached hydrogens (tertiary/aromatic N) is 1. The van der Waals surface area contributed by atoms with E-state index in [0.29, 0.717) is 0 Å². The predicted octanol–water partition coefficient (Wildman–Crippen LogP) is 5.73. The summed E-state index contributed by atoms with van der Waals surface area (Å²) in [6.45, 7) is 5.63. The zero-order chi connectivity index (χ0) is 20.0. The zero-order valence-corrected chi connectivity index (χ0v) is 17.2. The average Bonchev–Trinajstić information content (AvgIpc) is 2.90. The number of carboxylic acids is 1. The molecule has 2 aromatic carbocycles. The summed E-state index contributed by atoms with van der Waals surface area (Å²) in [5.74, 6) is -0.694. The molecule has 1 heterocycles. The summed E-state index contributed by atoms with van der Waals surface area (Å²) in [5.41, 5.74) is 5.68. The van der Waals surface area contributed by atoms with Gasteiger partial charge >= 0.3 is 5.97 Å². The van der Waals surface area contributed by atoms with Crippen molar-refractivity contribution >= 4 is 17.4 Å². The van der Waals surface area contributed by atoms with E-state index in [4.69, 9.17) is 5.11 Å². The van der Waals surface area contributed by atoms with Crippen LogP contribution in [0.3, 0.4) is 0 Å². The Morgan fingerprint density at radius 1 is 0.964 bits per heavy atom. The van der Waals surface area contributed by atoms with Gasteiger partial charge in [0.25, 0.3) is 0 Å². The number of hydrogen-bond acceptors (Lipinski definition) is 1. The minimum Gasteiger partial charge on any atom is -0.481 e. The zero-order valence-electron chi connectivity index (χ0n) is 17.2. The highest BCUT2D eigenvalue weighted by Gasteiger charge is 2.45. The highest BCUT2D eigenvalue weighted by Crippen LogP contribution is 2.42. The van der Waals surface area contributed by atoms with Crippen molar-refractivity contribution in [3.8, 4) is 0 Å². The fraction of sp³-hybridized carbons (Fsp3) is 0.440. The molecule has 0 aromatic heterocycles. The van der Waals surface area contributed by atoms with Crippen LogP contribution in [0.15, 0.2) is 54.6 Å². The number of hydrogen-bond donors (Lipinski definition) is 1. The van der Waals surface area contributed by atoms with Crippen LogP contribution < -0.4 is 0 Å². The van der Waals surface area contributed by atoms with Gasteiger partial charge in [-0.3, -0.25) is 4.79 Å². The van der Waals surface area contributed by atoms with E-state index in [-0.39, 0.29) is 11.8 Å². The molecule has 1 atom stereocenters. The molecule has 148 valence electrons. The Labute approximate surface area is 168 Å². The second kappa shape index (κ2) is 9.18. The number of para-hydroxylation sites is 1. The molecular weight excluding hydrogens is 346 g/mol. The highest BCUT2D eigenvalue weighted by molar-refractivity contribution is 5.93. The Kier molecular flexibility index (Phi) is 6.66. The van der Waals surface area contributed by atoms with Gasteiger partial charge in [0.05, 0.1) is 5.41 Å². The molecule has 1 unspecified atom stereocenters. The first-order valence-corrected chi connectivity index (χ1v) is 10.5. The van der Waals surface area contributed by atoms with Crippen molar-refractivity contribution < 1.29 is 14.5 Å². The van der Waals surface area contributed by atoms with Crippen LogP contribution in [0, 0.1) is 0 Å². The van der Waals surface area contributed by atoms with Crippen molar-refractivity contribution in [1.29, 1.82) is 0 Å². The lowest BCUT2D eigenvalue weighted by Crippen LogP contribution is -2.30. The van der Waals surface area contributed by atoms with Gasteiger partial charge in [0.1, 0.15) is 6.54 Å². The van der Waals surface area contributed by atoms with Crippen LogP contribution in [0.5, 0.6) is 0 Å². The molecule has 2 aromatic rings. The van der Waals surface area contributed by atoms with Gasteiger partial charge in [-0.05, 0) is 44.6 Å². The summed E-state index contributed by atoms with van der Waals surface area (Å²) < 4.78 is 2.47. The molecule has 0 radical (unpaired) electrons. The topological polar surface area (TPSA) is 40.3 Å². The number of carbonyl (C=O) groups is 1. The van der Waals surface area contributed by atoms with Crippen LogP contribution in [-0.2, 0) is 16.6 Å². The Morgan fingerprint density at radius 3 is 2.43 bits per heavy atom. The van der Waals surface area contributed by atoms with Crippen LogP contribution in [-0.4, -0.2) is 27.9 Å². The van der Waals surface area contributed by atoms with E-state index in [1.54, 1.807) is 0 Å². The lowest BCUT2D eigenvalue weighted by atomic mass is 9.76. The molecule has 0 amide bonds. The van der Waals surface area contributed by atoms with E-state index in [0.717, 1.165) is 38.6 Å². The summed E-state index contributed by atoms with van der Waals surface area (Å²) in [5, 5.41) is 8.82. The van der Waals surface area contributed by atoms with E-state index in [2.05, 4.69) is 73.0 Å². The molecular formula is C25H32NO2+. The van der Waals surface area contributed by atoms with E-state index < -0.39 is 5.97 Å². The number of rotatable bonds is 10. The largest absolute Gasteiger partial charge is 0.481 e. The number of fused-ring (bicyclic) bond motifs is 1. The summed E-state index contributed by atoms with van der Waals surface area (Å²) in [4.78, 5) is 10.7. The Bertz CT molecular complexity index is 841. The van der Waals surface area contributed by atoms with Gasteiger partial charge in [-0.25, -0.2) is 0 Å². The van der Waals surface area contributed by atoms with Crippen molar-refractivity contribution in [2.45, 2.75) is 64.2 Å². The molecule has 0 bridgehead atoms. The molecule has 1 N–H and O–H groups in total. The molecule has 0 saturated carbocycles. The lowest BCUT2D eigenvalue weighted by Gasteiger charge is -2.22. The number of benzene rings is 2. The van der Waals surface area contributed by atoms with Gasteiger partial charge < -0.3 is 5.11 Å². The van der Waals surface area contributed by atoms with E-state index in [1.807, 2.05) is 0 Å². The van der Waals surface area contributed by atoms with Gasteiger partial charge in [-0.1, -0.05) is 48.5 Å². The van der Waals surface area contributed by atoms with Crippen molar-refractivity contribution in [3.05, 3.63) is 65.7 Å². The molecule has 0 saturated heterocycles. The van der Waals surface area contributed by atoms with Gasteiger partial charge in [-0.15, -0.1) is 0 Å². The van der Waals surface area contributed by atoms with E-state index in [1.165, 1.54) is 28.9 Å². The van der Waals surface area contributed by atoms with E-state index >= 15 is 0 Å². The molecule has 3 heteroatoms. The van der Waals surface area contributed by atoms with Gasteiger partial charge in [0.2, 0.25) is 5.69 Å². The van der Waals surface area contributed by atoms with Crippen molar-refractivity contribution in [1.82, 2.24) is 0 Å². The minimum atomic E-state index is -0.694. The molecule has 3 nitrogen and oxygen atoms in total. The van der Waals surface area contributed by atoms with E-state index in [9.17, 15) is 4.79 Å². The maximum Gasteiger partial charge on any atom is 0.303 e. The van der Waals surface area contributed by atoms with Crippen LogP contribution in [0.2, 0.25) is 0 Å². The number of aliphatic carboxylic acids is 1. The molecule has 0 spiro atoms. The quantitative estimate of drug-likeness (QED) is 0.423. The Balaban J connectivity index is 1.69. The second-order valence-electron chi connectivity index (χ2n) is 8.13. The smallest absolute Gasteiger partial charge is 0.303 e. The second-order valence-corrected chi connectivity index (χ2v) is 8.13. The Morgan fingerprint density at radius 2 is 1.68 bits per heavy atom. The minimum absolute atomic E-state index is 0.0758. The summed E-state index contributed by atoms with van der Waals surface area (Å²) >= 11 is 0. The number of unbranched alkanes of at least 4 members (excludes halogenated alkanes) is 2. The van der Waals surface area contributed by atoms with Crippen LogP contribution in [0.25, 0.3) is 0 Å². The van der Waals surface area contributed by atoms with Gasteiger partial charge in [0.15, 0.2) is 5.71 Å². The molecule has 0 aliphatic carbocycles. The normalized spacial score (nSPS) is 18.4. The third-order valence-corrected chi connectivity index (χ3v) is 6.25. The SMILES string of the molecule is CC1=[N+](CCCCCC(=O)O)c2ccccc2C1(C)CCCc1ccccc1. The summed E-state index contributed by atoms with van der Waals surface area (Å²) in [7, 11) is 0. The maximum atomic E-state index is 10.7. The first kappa shape index (κ1) is 20.3. The van der Waals surface area contributed by atoms with Crippen LogP contribution in [0.4, 0.5) is 5.69 Å². The third kappa shape index (κ3) is 4.52. The third-order valence-electron chi connectivity index (χ3n) is 6.25. The number of aryl methyl sites for hydroxylation is 1. The standard InChI is InChI=1S/C25H31NO2/c1-20-25(2,18-11-14-21-12-5-3-6-13-21)22-15-8-9-16-23(22)26(20)19-10-4-7-17-24(27)28/h3,5-6,8-9,12-13,15-16H,4,7,10-11,14,17-19H2,1-2H3/p+1. The van der Waals surface area contributed by atoms with Gasteiger partial charge in [0, 0.05) is 31.4 Å². The maximum absolute atomic E-state index is 10.7. The molecule has 1 aliphatic rings. The van der Waals surface area contributed by atoms with Crippen molar-refractivity contribution in [2.24, 2.45) is 0 Å². The van der Waals surface area contributed by atoms with Gasteiger partial charge in [-0.2, -0.15) is 4.58 Å². The summed E-state index contributed by atoms with van der Waals surface area (Å²) in [6.07, 6.45) is 6.44. The molecule has 3 rings (SSSR count). The van der Waals surface area contributed by atoms with Crippen LogP contribution in [0.1, 0.15) is 63.5 Å². The average molecular weight is 379 g/mol. The Hall–Kier alpha value is -2.42. The fourth-order valence-corrected chi connectivity index (χ4v) is 4.47. The highest BCUT2D eigenvalue weighted by atomic mass is 16.4. The van der Waals surface area contributed by atoms with Crippen molar-refractivity contribution in [3.63, 3.8) is 0 Å². The monoisotopic (exact) mass is 378 g/mol. The first-order chi connectivity index (χ1) is 13.5. The number of carboxylic acid groups (broad SMARTS) is 1. The van der Waals surface area contributed by atoms with Crippen LogP contribution >= 0.6 is 0 Å². The summed E-state index contributed by atoms with van der Waals surface area (Å²) in [6, 6.07) is 19.5. The van der Waals surface area contributed by atoms with Crippen molar-refractivity contribution in [2.75, 3.05) is 6.54 Å². The lowest BCUT2D eigenvalue weighted by molar-refractivity contribution is -0.439. The molecule has 28 heavy (non-hydrogen) atoms.